The molecule has 64 valence electrons. The van der Waals surface area contributed by atoms with Crippen LogP contribution in [-0.4, -0.2) is 12.6 Å². The lowest BCUT2D eigenvalue weighted by Gasteiger charge is -2.02. The Morgan fingerprint density at radius 1 is 1.64 bits per heavy atom. The first-order chi connectivity index (χ1) is 5.16. The van der Waals surface area contributed by atoms with E-state index >= 15 is 0 Å². The highest BCUT2D eigenvalue weighted by Crippen LogP contribution is 2.44. The number of carbonyl (C=O) groups excluding carboxylic acids is 1. The van der Waals surface area contributed by atoms with Gasteiger partial charge in [-0.25, -0.2) is 0 Å². The average Bonchev–Trinajstić information content (AvgIpc) is 2.65. The van der Waals surface area contributed by atoms with E-state index in [2.05, 4.69) is 13.8 Å². The second-order valence-electron chi connectivity index (χ2n) is 3.50. The predicted octanol–water partition coefficient (Wildman–Crippen LogP) is 1.84. The minimum Gasteiger partial charge on any atom is -0.466 e. The smallest absolute Gasteiger partial charge is 0.309 e. The van der Waals surface area contributed by atoms with Crippen molar-refractivity contribution in [3.05, 3.63) is 0 Å². The molecule has 0 bridgehead atoms. The van der Waals surface area contributed by atoms with Gasteiger partial charge < -0.3 is 4.74 Å². The molecule has 1 aliphatic carbocycles. The van der Waals surface area contributed by atoms with E-state index in [9.17, 15) is 4.79 Å². The fraction of sp³-hybridized carbons (Fsp3) is 0.889. The molecule has 0 spiro atoms. The zero-order chi connectivity index (χ0) is 8.43. The lowest BCUT2D eigenvalue weighted by molar-refractivity contribution is -0.145. The lowest BCUT2D eigenvalue weighted by atomic mass is 10.1. The fourth-order valence-corrected chi connectivity index (χ4v) is 1.47. The second kappa shape index (κ2) is 3.24. The molecule has 11 heavy (non-hydrogen) atoms. The summed E-state index contributed by atoms with van der Waals surface area (Å²) < 4.78 is 4.91. The number of rotatable bonds is 3. The van der Waals surface area contributed by atoms with Gasteiger partial charge in [-0.05, 0) is 25.2 Å². The summed E-state index contributed by atoms with van der Waals surface area (Å²) in [5.41, 5.74) is 0. The van der Waals surface area contributed by atoms with Crippen molar-refractivity contribution in [1.29, 1.82) is 0 Å². The summed E-state index contributed by atoms with van der Waals surface area (Å²) in [4.78, 5) is 11.1. The highest BCUT2D eigenvalue weighted by Gasteiger charge is 2.45. The van der Waals surface area contributed by atoms with Crippen molar-refractivity contribution in [3.63, 3.8) is 0 Å². The summed E-state index contributed by atoms with van der Waals surface area (Å²) in [5.74, 6) is 1.44. The molecule has 1 rings (SSSR count). The molecule has 0 aromatic carbocycles. The first-order valence-corrected chi connectivity index (χ1v) is 4.33. The zero-order valence-electron chi connectivity index (χ0n) is 7.46. The molecule has 2 atom stereocenters. The highest BCUT2D eigenvalue weighted by atomic mass is 16.5. The number of carbonyl (C=O) groups is 1. The molecule has 0 saturated heterocycles. The van der Waals surface area contributed by atoms with Gasteiger partial charge in [-0.3, -0.25) is 4.79 Å². The van der Waals surface area contributed by atoms with Crippen LogP contribution < -0.4 is 0 Å². The van der Waals surface area contributed by atoms with Crippen LogP contribution in [0.1, 0.15) is 27.2 Å². The number of hydrogen-bond donors (Lipinski definition) is 0. The third kappa shape index (κ3) is 1.95. The van der Waals surface area contributed by atoms with Gasteiger partial charge in [0.2, 0.25) is 0 Å². The van der Waals surface area contributed by atoms with Gasteiger partial charge in [0, 0.05) is 0 Å². The van der Waals surface area contributed by atoms with Gasteiger partial charge in [0.05, 0.1) is 12.5 Å². The summed E-state index contributed by atoms with van der Waals surface area (Å²) in [6.07, 6.45) is 1.04. The first kappa shape index (κ1) is 8.57. The Morgan fingerprint density at radius 3 is 2.64 bits per heavy atom. The van der Waals surface area contributed by atoms with Crippen molar-refractivity contribution in [1.82, 2.24) is 0 Å². The standard InChI is InChI=1S/C9H16O2/c1-4-11-9(10)8-5-7(8)6(2)3/h6-8H,4-5H2,1-3H3. The van der Waals surface area contributed by atoms with Crippen molar-refractivity contribution in [2.24, 2.45) is 17.8 Å². The molecule has 0 aromatic rings. The Labute approximate surface area is 67.9 Å². The van der Waals surface area contributed by atoms with Crippen LogP contribution in [0.5, 0.6) is 0 Å². The van der Waals surface area contributed by atoms with Gasteiger partial charge in [0.1, 0.15) is 0 Å². The zero-order valence-corrected chi connectivity index (χ0v) is 7.46. The van der Waals surface area contributed by atoms with Crippen LogP contribution in [0.25, 0.3) is 0 Å². The Kier molecular flexibility index (Phi) is 2.53. The van der Waals surface area contributed by atoms with Crippen molar-refractivity contribution < 1.29 is 9.53 Å². The molecular formula is C9H16O2. The molecule has 1 aliphatic rings. The third-order valence-electron chi connectivity index (χ3n) is 2.29. The minimum absolute atomic E-state index is 0.00574. The largest absolute Gasteiger partial charge is 0.466 e. The van der Waals surface area contributed by atoms with E-state index in [4.69, 9.17) is 4.74 Å². The maximum Gasteiger partial charge on any atom is 0.309 e. The molecule has 2 unspecified atom stereocenters. The Morgan fingerprint density at radius 2 is 2.27 bits per heavy atom. The van der Waals surface area contributed by atoms with Gasteiger partial charge in [0.25, 0.3) is 0 Å². The van der Waals surface area contributed by atoms with Crippen LogP contribution in [0, 0.1) is 17.8 Å². The summed E-state index contributed by atoms with van der Waals surface area (Å²) in [5, 5.41) is 0. The van der Waals surface area contributed by atoms with Crippen LogP contribution >= 0.6 is 0 Å². The number of ether oxygens (including phenoxy) is 1. The first-order valence-electron chi connectivity index (χ1n) is 4.33. The van der Waals surface area contributed by atoms with Gasteiger partial charge in [-0.15, -0.1) is 0 Å². The summed E-state index contributed by atoms with van der Waals surface area (Å²) in [6, 6.07) is 0. The normalized spacial score (nSPS) is 28.7. The van der Waals surface area contributed by atoms with Crippen LogP contribution in [0.2, 0.25) is 0 Å². The van der Waals surface area contributed by atoms with Gasteiger partial charge in [-0.1, -0.05) is 13.8 Å². The molecule has 0 radical (unpaired) electrons. The molecule has 1 saturated carbocycles. The predicted molar refractivity (Wildman–Crippen MR) is 43.1 cm³/mol. The van der Waals surface area contributed by atoms with E-state index < -0.39 is 0 Å². The average molecular weight is 156 g/mol. The maximum absolute atomic E-state index is 11.1. The van der Waals surface area contributed by atoms with E-state index in [1.54, 1.807) is 0 Å². The Bertz CT molecular complexity index is 152. The van der Waals surface area contributed by atoms with Crippen molar-refractivity contribution in [3.8, 4) is 0 Å². The summed E-state index contributed by atoms with van der Waals surface area (Å²) in [7, 11) is 0. The monoisotopic (exact) mass is 156 g/mol. The Balaban J connectivity index is 2.26. The molecule has 1 fully saturated rings. The number of esters is 1. The van der Waals surface area contributed by atoms with Crippen molar-refractivity contribution in [2.45, 2.75) is 27.2 Å². The van der Waals surface area contributed by atoms with Crippen molar-refractivity contribution in [2.75, 3.05) is 6.61 Å². The van der Waals surface area contributed by atoms with E-state index in [1.165, 1.54) is 0 Å². The molecule has 0 amide bonds. The molecule has 0 heterocycles. The maximum atomic E-state index is 11.1. The molecule has 0 aromatic heterocycles. The molecule has 0 N–H and O–H groups in total. The second-order valence-corrected chi connectivity index (χ2v) is 3.50. The van der Waals surface area contributed by atoms with E-state index in [0.717, 1.165) is 6.42 Å². The molecule has 0 aliphatic heterocycles. The number of hydrogen-bond acceptors (Lipinski definition) is 2. The summed E-state index contributed by atoms with van der Waals surface area (Å²) in [6.45, 7) is 6.68. The van der Waals surface area contributed by atoms with Crippen LogP contribution in [0.3, 0.4) is 0 Å². The van der Waals surface area contributed by atoms with Crippen LogP contribution in [0.4, 0.5) is 0 Å². The quantitative estimate of drug-likeness (QED) is 0.583. The Hall–Kier alpha value is -0.530. The SMILES string of the molecule is CCOC(=O)C1CC1C(C)C. The third-order valence-corrected chi connectivity index (χ3v) is 2.29. The topological polar surface area (TPSA) is 26.3 Å². The summed E-state index contributed by atoms with van der Waals surface area (Å²) >= 11 is 0. The van der Waals surface area contributed by atoms with E-state index in [-0.39, 0.29) is 11.9 Å². The molecule has 2 nitrogen and oxygen atoms in total. The van der Waals surface area contributed by atoms with Gasteiger partial charge in [-0.2, -0.15) is 0 Å². The fourth-order valence-electron chi connectivity index (χ4n) is 1.47. The lowest BCUT2D eigenvalue weighted by Crippen LogP contribution is -2.09. The highest BCUT2D eigenvalue weighted by molar-refractivity contribution is 5.75. The van der Waals surface area contributed by atoms with Crippen LogP contribution in [0.15, 0.2) is 0 Å². The van der Waals surface area contributed by atoms with E-state index in [1.807, 2.05) is 6.92 Å². The van der Waals surface area contributed by atoms with E-state index in [0.29, 0.717) is 18.4 Å². The molecule has 2 heteroatoms. The molecular weight excluding hydrogens is 140 g/mol. The van der Waals surface area contributed by atoms with Gasteiger partial charge >= 0.3 is 5.97 Å². The van der Waals surface area contributed by atoms with Crippen LogP contribution in [-0.2, 0) is 9.53 Å². The van der Waals surface area contributed by atoms with Gasteiger partial charge in [0.15, 0.2) is 0 Å². The minimum atomic E-state index is 0.00574. The van der Waals surface area contributed by atoms with Crippen molar-refractivity contribution >= 4 is 5.97 Å².